The quantitative estimate of drug-likeness (QED) is 0.361. The van der Waals surface area contributed by atoms with Gasteiger partial charge in [-0.3, -0.25) is 28.8 Å². The molecule has 0 aliphatic carbocycles. The first kappa shape index (κ1) is 33.7. The van der Waals surface area contributed by atoms with E-state index in [9.17, 15) is 28.8 Å². The van der Waals surface area contributed by atoms with Crippen molar-refractivity contribution in [2.24, 2.45) is 17.8 Å². The van der Waals surface area contributed by atoms with Gasteiger partial charge in [-0.15, -0.1) is 0 Å². The minimum absolute atomic E-state index is 0. The van der Waals surface area contributed by atoms with Gasteiger partial charge in [-0.25, -0.2) is 0 Å². The van der Waals surface area contributed by atoms with Crippen molar-refractivity contribution in [3.05, 3.63) is 0 Å². The average Bonchev–Trinajstić information content (AvgIpc) is 2.47. The van der Waals surface area contributed by atoms with Crippen LogP contribution in [0, 0.1) is 17.8 Å². The minimum atomic E-state index is -1.02. The standard InChI is InChI=1S/3C6H10O3.Ti/c3*1-3-5(4(2)7)6(8)9;/h3*5H,3H2,1-2H3,(H,8,9);. The summed E-state index contributed by atoms with van der Waals surface area (Å²) >= 11 is 0. The van der Waals surface area contributed by atoms with Gasteiger partial charge >= 0.3 is 17.9 Å². The molecule has 0 saturated heterocycles. The van der Waals surface area contributed by atoms with Crippen LogP contribution in [0.3, 0.4) is 0 Å². The van der Waals surface area contributed by atoms with Gasteiger partial charge < -0.3 is 15.3 Å². The van der Waals surface area contributed by atoms with Crippen molar-refractivity contribution in [2.45, 2.75) is 60.8 Å². The fourth-order valence-electron chi connectivity index (χ4n) is 1.91. The molecule has 0 aromatic carbocycles. The molecule has 0 aromatic rings. The van der Waals surface area contributed by atoms with Crippen LogP contribution in [-0.2, 0) is 50.5 Å². The van der Waals surface area contributed by atoms with Gasteiger partial charge in [-0.2, -0.15) is 0 Å². The predicted octanol–water partition coefficient (Wildman–Crippen LogP) is 2.06. The van der Waals surface area contributed by atoms with Gasteiger partial charge in [0.2, 0.25) is 0 Å². The number of aliphatic carboxylic acids is 3. The molecule has 0 fully saturated rings. The number of hydrogen-bond acceptors (Lipinski definition) is 6. The van der Waals surface area contributed by atoms with Gasteiger partial charge in [0.15, 0.2) is 0 Å². The number of rotatable bonds is 9. The zero-order valence-electron chi connectivity index (χ0n) is 17.1. The third kappa shape index (κ3) is 16.3. The van der Waals surface area contributed by atoms with E-state index in [-0.39, 0.29) is 39.1 Å². The van der Waals surface area contributed by atoms with Crippen molar-refractivity contribution < 1.29 is 65.8 Å². The molecule has 160 valence electrons. The van der Waals surface area contributed by atoms with Crippen molar-refractivity contribution in [3.63, 3.8) is 0 Å². The van der Waals surface area contributed by atoms with Crippen LogP contribution in [0.1, 0.15) is 60.8 Å². The predicted molar refractivity (Wildman–Crippen MR) is 96.3 cm³/mol. The summed E-state index contributed by atoms with van der Waals surface area (Å²) in [6, 6.07) is 0. The van der Waals surface area contributed by atoms with E-state index < -0.39 is 35.7 Å². The van der Waals surface area contributed by atoms with Crippen LogP contribution in [0.15, 0.2) is 0 Å². The molecule has 0 saturated carbocycles. The van der Waals surface area contributed by atoms with E-state index in [4.69, 9.17) is 15.3 Å². The van der Waals surface area contributed by atoms with Gasteiger partial charge in [0.25, 0.3) is 0 Å². The summed E-state index contributed by atoms with van der Waals surface area (Å²) in [5.74, 6) is -6.29. The number of carboxylic acid groups (broad SMARTS) is 3. The summed E-state index contributed by atoms with van der Waals surface area (Å²) in [7, 11) is 0. The second-order valence-corrected chi connectivity index (χ2v) is 5.73. The van der Waals surface area contributed by atoms with Crippen LogP contribution >= 0.6 is 0 Å². The second-order valence-electron chi connectivity index (χ2n) is 5.73. The molecule has 9 nitrogen and oxygen atoms in total. The van der Waals surface area contributed by atoms with Gasteiger partial charge in [-0.05, 0) is 40.0 Å². The van der Waals surface area contributed by atoms with Crippen molar-refractivity contribution >= 4 is 35.3 Å². The summed E-state index contributed by atoms with van der Waals surface area (Å²) in [5, 5.41) is 25.0. The Morgan fingerprint density at radius 2 is 0.679 bits per heavy atom. The molecule has 3 unspecified atom stereocenters. The van der Waals surface area contributed by atoms with E-state index in [1.54, 1.807) is 20.8 Å². The van der Waals surface area contributed by atoms with E-state index in [0.29, 0.717) is 19.3 Å². The van der Waals surface area contributed by atoms with Crippen LogP contribution in [-0.4, -0.2) is 50.6 Å². The first-order valence-electron chi connectivity index (χ1n) is 8.47. The molecular weight excluding hydrogens is 408 g/mol. The van der Waals surface area contributed by atoms with Crippen LogP contribution < -0.4 is 0 Å². The molecule has 0 bridgehead atoms. The van der Waals surface area contributed by atoms with Gasteiger partial charge in [0.1, 0.15) is 35.1 Å². The number of ketones is 3. The van der Waals surface area contributed by atoms with Crippen LogP contribution in [0.4, 0.5) is 0 Å². The summed E-state index contributed by atoms with van der Waals surface area (Å²) in [5.41, 5.74) is 0. The topological polar surface area (TPSA) is 163 Å². The average molecular weight is 438 g/mol. The maximum absolute atomic E-state index is 10.4. The van der Waals surface area contributed by atoms with Crippen molar-refractivity contribution in [2.75, 3.05) is 0 Å². The fraction of sp³-hybridized carbons (Fsp3) is 0.667. The Hall–Kier alpha value is -1.87. The van der Waals surface area contributed by atoms with E-state index in [1.165, 1.54) is 20.8 Å². The fourth-order valence-corrected chi connectivity index (χ4v) is 1.91. The smallest absolute Gasteiger partial charge is 0.314 e. The van der Waals surface area contributed by atoms with Gasteiger partial charge in [-0.1, -0.05) is 20.8 Å². The number of carbonyl (C=O) groups is 6. The maximum Gasteiger partial charge on any atom is 0.314 e. The van der Waals surface area contributed by atoms with Gasteiger partial charge in [0, 0.05) is 21.7 Å². The monoisotopic (exact) mass is 438 g/mol. The normalized spacial score (nSPS) is 12.2. The molecule has 3 atom stereocenters. The zero-order chi connectivity index (χ0) is 22.3. The molecule has 0 radical (unpaired) electrons. The largest absolute Gasteiger partial charge is 0.481 e. The van der Waals surface area contributed by atoms with Crippen LogP contribution in [0.5, 0.6) is 0 Å². The molecular formula is C18H30O9Ti. The van der Waals surface area contributed by atoms with Crippen molar-refractivity contribution in [1.82, 2.24) is 0 Å². The van der Waals surface area contributed by atoms with Crippen molar-refractivity contribution in [3.8, 4) is 0 Å². The molecule has 0 amide bonds. The molecule has 0 rings (SSSR count). The number of carboxylic acids is 3. The summed E-state index contributed by atoms with van der Waals surface area (Å²) in [6.45, 7) is 8.92. The Morgan fingerprint density at radius 1 is 0.536 bits per heavy atom. The summed E-state index contributed by atoms with van der Waals surface area (Å²) in [6.07, 6.45) is 1.14. The van der Waals surface area contributed by atoms with E-state index in [2.05, 4.69) is 0 Å². The Morgan fingerprint density at radius 3 is 0.679 bits per heavy atom. The molecule has 0 spiro atoms. The molecule has 10 heteroatoms. The third-order valence-corrected chi connectivity index (χ3v) is 3.59. The Kier molecular flexibility index (Phi) is 22.3. The Labute approximate surface area is 179 Å². The maximum atomic E-state index is 10.4. The minimum Gasteiger partial charge on any atom is -0.481 e. The van der Waals surface area contributed by atoms with Gasteiger partial charge in [0.05, 0.1) is 0 Å². The van der Waals surface area contributed by atoms with Crippen LogP contribution in [0.25, 0.3) is 0 Å². The number of hydrogen-bond donors (Lipinski definition) is 3. The first-order chi connectivity index (χ1) is 12.3. The van der Waals surface area contributed by atoms with E-state index in [0.717, 1.165) is 0 Å². The molecule has 28 heavy (non-hydrogen) atoms. The zero-order valence-corrected chi connectivity index (χ0v) is 18.7. The SMILES string of the molecule is CCC(C(C)=O)C(=O)O.CCC(C(C)=O)C(=O)O.CCC(C(C)=O)C(=O)O.[Ti]. The third-order valence-electron chi connectivity index (χ3n) is 3.59. The molecule has 0 aromatic heterocycles. The molecule has 0 aliphatic heterocycles. The van der Waals surface area contributed by atoms with Crippen molar-refractivity contribution in [1.29, 1.82) is 0 Å². The number of Topliss-reactive ketones (excluding diaryl/α,β-unsaturated/α-hetero) is 3. The van der Waals surface area contributed by atoms with E-state index >= 15 is 0 Å². The summed E-state index contributed by atoms with van der Waals surface area (Å²) in [4.78, 5) is 61.8. The second kappa shape index (κ2) is 18.5. The summed E-state index contributed by atoms with van der Waals surface area (Å²) < 4.78 is 0. The molecule has 0 aliphatic rings. The Balaban J connectivity index is -0.000000152. The first-order valence-corrected chi connectivity index (χ1v) is 8.47. The number of carbonyl (C=O) groups excluding carboxylic acids is 3. The van der Waals surface area contributed by atoms with Crippen LogP contribution in [0.2, 0.25) is 0 Å². The van der Waals surface area contributed by atoms with E-state index in [1.807, 2.05) is 0 Å². The molecule has 0 heterocycles. The molecule has 3 N–H and O–H groups in total. The Bertz CT molecular complexity index is 425.